The van der Waals surface area contributed by atoms with Gasteiger partial charge in [-0.05, 0) is 18.2 Å². The highest BCUT2D eigenvalue weighted by molar-refractivity contribution is 7.92. The Bertz CT molecular complexity index is 1090. The molecule has 9 nitrogen and oxygen atoms in total. The molecule has 0 saturated carbocycles. The predicted molar refractivity (Wildman–Crippen MR) is 84.4 cm³/mol. The molecule has 0 spiro atoms. The monoisotopic (exact) mass is 401 g/mol. The van der Waals surface area contributed by atoms with Crippen molar-refractivity contribution >= 4 is 27.5 Å². The molecule has 0 aliphatic heterocycles. The van der Waals surface area contributed by atoms with E-state index < -0.39 is 44.1 Å². The molecule has 3 rings (SSSR count). The van der Waals surface area contributed by atoms with Gasteiger partial charge in [0.05, 0.1) is 23.9 Å². The van der Waals surface area contributed by atoms with Crippen LogP contribution in [0.4, 0.5) is 18.9 Å². The number of nitrogens with zero attached hydrogens (tertiary/aromatic N) is 4. The summed E-state index contributed by atoms with van der Waals surface area (Å²) >= 11 is 0. The van der Waals surface area contributed by atoms with Crippen LogP contribution in [0, 0.1) is 0 Å². The molecule has 142 valence electrons. The zero-order chi connectivity index (χ0) is 19.8. The van der Waals surface area contributed by atoms with Crippen molar-refractivity contribution in [3.8, 4) is 0 Å². The van der Waals surface area contributed by atoms with Crippen LogP contribution in [0.25, 0.3) is 5.78 Å². The molecule has 1 aromatic carbocycles. The summed E-state index contributed by atoms with van der Waals surface area (Å²) in [6.45, 7) is 0. The number of alkyl halides is 3. The number of aromatic nitrogens is 4. The lowest BCUT2D eigenvalue weighted by atomic mass is 10.1. The second-order valence-corrected chi connectivity index (χ2v) is 6.66. The first-order valence-electron chi connectivity index (χ1n) is 7.12. The van der Waals surface area contributed by atoms with E-state index in [0.29, 0.717) is 6.07 Å². The number of fused-ring (bicyclic) bond motifs is 1. The molecule has 1 N–H and O–H groups in total. The highest BCUT2D eigenvalue weighted by Crippen LogP contribution is 2.37. The van der Waals surface area contributed by atoms with Crippen molar-refractivity contribution in [3.63, 3.8) is 0 Å². The number of carbonyl (C=O) groups is 1. The number of hydrogen-bond acceptors (Lipinski definition) is 7. The van der Waals surface area contributed by atoms with Gasteiger partial charge in [-0.25, -0.2) is 14.3 Å². The fraction of sp³-hybridized carbons (Fsp3) is 0.143. The maximum atomic E-state index is 13.3. The SMILES string of the molecule is COC(=O)c1cccc(C(F)(F)F)c1NS(=O)(=O)c1nc2ncccn2n1. The summed E-state index contributed by atoms with van der Waals surface area (Å²) in [6.07, 6.45) is -2.24. The van der Waals surface area contributed by atoms with Crippen LogP contribution in [-0.4, -0.2) is 41.1 Å². The third kappa shape index (κ3) is 3.53. The number of sulfonamides is 1. The van der Waals surface area contributed by atoms with E-state index in [1.165, 1.54) is 18.5 Å². The smallest absolute Gasteiger partial charge is 0.418 e. The van der Waals surface area contributed by atoms with Gasteiger partial charge in [-0.1, -0.05) is 6.07 Å². The minimum absolute atomic E-state index is 0.0739. The van der Waals surface area contributed by atoms with Gasteiger partial charge in [-0.15, -0.1) is 5.10 Å². The Morgan fingerprint density at radius 3 is 2.63 bits per heavy atom. The van der Waals surface area contributed by atoms with Crippen LogP contribution in [0.5, 0.6) is 0 Å². The molecule has 3 aromatic rings. The van der Waals surface area contributed by atoms with Gasteiger partial charge >= 0.3 is 12.1 Å². The van der Waals surface area contributed by atoms with Crippen LogP contribution >= 0.6 is 0 Å². The van der Waals surface area contributed by atoms with Crippen LogP contribution in [-0.2, 0) is 20.9 Å². The zero-order valence-electron chi connectivity index (χ0n) is 13.4. The Balaban J connectivity index is 2.14. The fourth-order valence-electron chi connectivity index (χ4n) is 2.19. The van der Waals surface area contributed by atoms with Crippen LogP contribution in [0.15, 0.2) is 41.8 Å². The number of nitrogens with one attached hydrogen (secondary N) is 1. The Hall–Kier alpha value is -3.22. The molecular weight excluding hydrogens is 391 g/mol. The predicted octanol–water partition coefficient (Wildman–Crippen LogP) is 1.73. The average Bonchev–Trinajstić information content (AvgIpc) is 3.05. The molecule has 0 radical (unpaired) electrons. The first-order valence-corrected chi connectivity index (χ1v) is 8.60. The van der Waals surface area contributed by atoms with Crippen molar-refractivity contribution in [1.82, 2.24) is 19.6 Å². The number of halogens is 3. The summed E-state index contributed by atoms with van der Waals surface area (Å²) in [5.74, 6) is -1.22. The third-order valence-corrected chi connectivity index (χ3v) is 4.48. The summed E-state index contributed by atoms with van der Waals surface area (Å²) in [6, 6.07) is 4.04. The van der Waals surface area contributed by atoms with E-state index >= 15 is 0 Å². The summed E-state index contributed by atoms with van der Waals surface area (Å²) < 4.78 is 72.2. The Kier molecular flexibility index (Phi) is 4.47. The van der Waals surface area contributed by atoms with Gasteiger partial charge in [0.25, 0.3) is 21.0 Å². The second kappa shape index (κ2) is 6.50. The molecule has 27 heavy (non-hydrogen) atoms. The van der Waals surface area contributed by atoms with Gasteiger partial charge in [0, 0.05) is 12.4 Å². The molecule has 0 aliphatic carbocycles. The number of carbonyl (C=O) groups excluding carboxylic acids is 1. The van der Waals surface area contributed by atoms with E-state index in [9.17, 15) is 26.4 Å². The maximum Gasteiger partial charge on any atom is 0.418 e. The van der Waals surface area contributed by atoms with Crippen LogP contribution in [0.1, 0.15) is 15.9 Å². The number of benzene rings is 1. The standard InChI is InChI=1S/C14H10F3N5O4S/c1-26-11(23)8-4-2-5-9(14(15,16)17)10(8)21-27(24,25)13-19-12-18-6-3-7-22(12)20-13/h2-7,21H,1H3. The summed E-state index contributed by atoms with van der Waals surface area (Å²) in [5, 5.41) is 2.85. The average molecular weight is 401 g/mol. The minimum atomic E-state index is -4.93. The van der Waals surface area contributed by atoms with Crippen molar-refractivity contribution in [2.24, 2.45) is 0 Å². The third-order valence-electron chi connectivity index (χ3n) is 3.35. The van der Waals surface area contributed by atoms with E-state index in [1.807, 2.05) is 0 Å². The highest BCUT2D eigenvalue weighted by Gasteiger charge is 2.37. The van der Waals surface area contributed by atoms with E-state index in [1.54, 1.807) is 4.72 Å². The number of hydrogen-bond donors (Lipinski definition) is 1. The first-order chi connectivity index (χ1) is 12.6. The normalized spacial score (nSPS) is 12.1. The van der Waals surface area contributed by atoms with E-state index in [0.717, 1.165) is 23.8 Å². The lowest BCUT2D eigenvalue weighted by molar-refractivity contribution is -0.136. The van der Waals surface area contributed by atoms with Crippen LogP contribution in [0.3, 0.4) is 0 Å². The van der Waals surface area contributed by atoms with Gasteiger partial charge in [0.2, 0.25) is 0 Å². The molecular formula is C14H10F3N5O4S. The van der Waals surface area contributed by atoms with Gasteiger partial charge in [0.15, 0.2) is 0 Å². The van der Waals surface area contributed by atoms with E-state index in [-0.39, 0.29) is 5.78 Å². The zero-order valence-corrected chi connectivity index (χ0v) is 14.2. The largest absolute Gasteiger partial charge is 0.465 e. The van der Waals surface area contributed by atoms with Crippen molar-refractivity contribution in [3.05, 3.63) is 47.8 Å². The molecule has 2 aromatic heterocycles. The van der Waals surface area contributed by atoms with Crippen molar-refractivity contribution in [2.75, 3.05) is 11.8 Å². The first kappa shape index (κ1) is 18.6. The van der Waals surface area contributed by atoms with Gasteiger partial charge in [-0.3, -0.25) is 4.72 Å². The number of esters is 1. The lowest BCUT2D eigenvalue weighted by Crippen LogP contribution is -2.21. The number of methoxy groups -OCH3 is 1. The van der Waals surface area contributed by atoms with Crippen molar-refractivity contribution in [2.45, 2.75) is 11.3 Å². The molecule has 0 bridgehead atoms. The number of anilines is 1. The Morgan fingerprint density at radius 1 is 1.26 bits per heavy atom. The molecule has 2 heterocycles. The molecule has 0 aliphatic rings. The van der Waals surface area contributed by atoms with Gasteiger partial charge in [0.1, 0.15) is 0 Å². The maximum absolute atomic E-state index is 13.3. The second-order valence-electron chi connectivity index (χ2n) is 5.08. The quantitative estimate of drug-likeness (QED) is 0.662. The lowest BCUT2D eigenvalue weighted by Gasteiger charge is -2.16. The van der Waals surface area contributed by atoms with Gasteiger partial charge < -0.3 is 4.74 Å². The summed E-state index contributed by atoms with van der Waals surface area (Å²) in [5.41, 5.74) is -2.96. The Morgan fingerprint density at radius 2 is 2.00 bits per heavy atom. The molecule has 0 fully saturated rings. The number of para-hydroxylation sites is 1. The van der Waals surface area contributed by atoms with Crippen molar-refractivity contribution in [1.29, 1.82) is 0 Å². The summed E-state index contributed by atoms with van der Waals surface area (Å²) in [4.78, 5) is 19.2. The number of ether oxygens (including phenoxy) is 1. The molecule has 0 unspecified atom stereocenters. The molecule has 13 heteroatoms. The van der Waals surface area contributed by atoms with E-state index in [4.69, 9.17) is 0 Å². The molecule has 0 amide bonds. The summed E-state index contributed by atoms with van der Waals surface area (Å²) in [7, 11) is -3.71. The molecule has 0 atom stereocenters. The fourth-order valence-corrected chi connectivity index (χ4v) is 3.16. The van der Waals surface area contributed by atoms with Crippen LogP contribution in [0.2, 0.25) is 0 Å². The topological polar surface area (TPSA) is 116 Å². The molecule has 0 saturated heterocycles. The van der Waals surface area contributed by atoms with Crippen LogP contribution < -0.4 is 4.72 Å². The van der Waals surface area contributed by atoms with E-state index in [2.05, 4.69) is 19.8 Å². The highest BCUT2D eigenvalue weighted by atomic mass is 32.2. The van der Waals surface area contributed by atoms with Gasteiger partial charge in [-0.2, -0.15) is 26.6 Å². The Labute approximate surface area is 149 Å². The number of rotatable bonds is 4. The van der Waals surface area contributed by atoms with Crippen molar-refractivity contribution < 1.29 is 31.1 Å². The minimum Gasteiger partial charge on any atom is -0.465 e.